The largest absolute Gasteiger partial charge is 0.352 e. The predicted octanol–water partition coefficient (Wildman–Crippen LogP) is 2.87. The highest BCUT2D eigenvalue weighted by atomic mass is 19.1. The van der Waals surface area contributed by atoms with Crippen molar-refractivity contribution >= 4 is 17.6 Å². The maximum Gasteiger partial charge on any atom is 0.268 e. The predicted molar refractivity (Wildman–Crippen MR) is 121 cm³/mol. The van der Waals surface area contributed by atoms with E-state index < -0.39 is 17.3 Å². The number of fused-ring (bicyclic) bond motifs is 1. The summed E-state index contributed by atoms with van der Waals surface area (Å²) in [4.78, 5) is 53.0. The molecule has 2 aliphatic rings. The Labute approximate surface area is 191 Å². The molecule has 33 heavy (non-hydrogen) atoms. The molecule has 2 amide bonds. The summed E-state index contributed by atoms with van der Waals surface area (Å²) in [6, 6.07) is 5.33. The highest BCUT2D eigenvalue weighted by Crippen LogP contribution is 2.35. The highest BCUT2D eigenvalue weighted by molar-refractivity contribution is 6.04. The third kappa shape index (κ3) is 4.74. The van der Waals surface area contributed by atoms with Crippen LogP contribution in [0.1, 0.15) is 65.8 Å². The van der Waals surface area contributed by atoms with E-state index in [0.29, 0.717) is 55.6 Å². The lowest BCUT2D eigenvalue weighted by molar-refractivity contribution is -0.127. The number of amides is 2. The number of hydrogen-bond donors (Lipinski definition) is 1. The minimum Gasteiger partial charge on any atom is -0.352 e. The second kappa shape index (κ2) is 8.92. The van der Waals surface area contributed by atoms with Gasteiger partial charge >= 0.3 is 0 Å². The van der Waals surface area contributed by atoms with Crippen molar-refractivity contribution in [2.45, 2.75) is 46.0 Å². The lowest BCUT2D eigenvalue weighted by Crippen LogP contribution is -2.39. The van der Waals surface area contributed by atoms with Crippen molar-refractivity contribution in [2.75, 3.05) is 19.6 Å². The number of nitrogens with zero attached hydrogens (tertiary/aromatic N) is 2. The van der Waals surface area contributed by atoms with E-state index in [1.165, 1.54) is 35.0 Å². The van der Waals surface area contributed by atoms with Crippen LogP contribution in [-0.4, -0.2) is 46.7 Å². The first kappa shape index (κ1) is 22.9. The van der Waals surface area contributed by atoms with Gasteiger partial charge in [0.1, 0.15) is 11.4 Å². The minimum atomic E-state index is -0.543. The molecule has 1 aromatic heterocycles. The van der Waals surface area contributed by atoms with Crippen molar-refractivity contribution in [3.63, 3.8) is 0 Å². The molecule has 0 atom stereocenters. The summed E-state index contributed by atoms with van der Waals surface area (Å²) in [6.45, 7) is 5.47. The van der Waals surface area contributed by atoms with E-state index in [1.807, 2.05) is 13.8 Å². The number of benzene rings is 1. The highest BCUT2D eigenvalue weighted by Gasteiger charge is 2.36. The van der Waals surface area contributed by atoms with Crippen LogP contribution in [0.3, 0.4) is 0 Å². The summed E-state index contributed by atoms with van der Waals surface area (Å²) in [7, 11) is 0. The molecular weight excluding hydrogens is 425 g/mol. The smallest absolute Gasteiger partial charge is 0.268 e. The number of likely N-dealkylation sites (tertiary alicyclic amines) is 1. The Balaban J connectivity index is 1.65. The fourth-order valence-electron chi connectivity index (χ4n) is 4.67. The molecule has 1 saturated heterocycles. The maximum absolute atomic E-state index is 13.4. The number of Topliss-reactive ketones (excluding diaryl/α,β-unsaturated/α-hetero) is 1. The van der Waals surface area contributed by atoms with Gasteiger partial charge in [-0.3, -0.25) is 23.7 Å². The molecule has 0 bridgehead atoms. The van der Waals surface area contributed by atoms with Crippen LogP contribution in [0.5, 0.6) is 0 Å². The van der Waals surface area contributed by atoms with Crippen LogP contribution >= 0.6 is 0 Å². The normalized spacial score (nSPS) is 17.2. The molecule has 0 spiro atoms. The number of pyridine rings is 1. The number of hydrogen-bond acceptors (Lipinski definition) is 4. The third-order valence-electron chi connectivity index (χ3n) is 6.31. The van der Waals surface area contributed by atoms with Crippen LogP contribution in [0, 0.1) is 11.2 Å². The zero-order chi connectivity index (χ0) is 23.8. The molecule has 0 unspecified atom stereocenters. The molecule has 1 N–H and O–H groups in total. The fraction of sp³-hybridized carbons (Fsp3) is 0.440. The van der Waals surface area contributed by atoms with Gasteiger partial charge in [0.25, 0.3) is 11.5 Å². The van der Waals surface area contributed by atoms with Crippen molar-refractivity contribution in [1.82, 2.24) is 14.8 Å². The topological polar surface area (TPSA) is 88.5 Å². The second-order valence-electron chi connectivity index (χ2n) is 9.58. The molecule has 2 aromatic rings. The summed E-state index contributed by atoms with van der Waals surface area (Å²) in [5.41, 5.74) is 0.235. The zero-order valence-electron chi connectivity index (χ0n) is 18.9. The van der Waals surface area contributed by atoms with Gasteiger partial charge in [0, 0.05) is 49.9 Å². The second-order valence-corrected chi connectivity index (χ2v) is 9.58. The molecule has 1 aliphatic heterocycles. The van der Waals surface area contributed by atoms with Gasteiger partial charge in [-0.15, -0.1) is 0 Å². The average Bonchev–Trinajstić information content (AvgIpc) is 3.15. The van der Waals surface area contributed by atoms with Crippen LogP contribution in [-0.2, 0) is 11.2 Å². The average molecular weight is 454 g/mol. The molecule has 1 aromatic carbocycles. The van der Waals surface area contributed by atoms with Gasteiger partial charge in [-0.25, -0.2) is 4.39 Å². The van der Waals surface area contributed by atoms with Gasteiger partial charge in [0.2, 0.25) is 5.91 Å². The van der Waals surface area contributed by atoms with Crippen molar-refractivity contribution in [3.8, 4) is 5.69 Å². The molecule has 7 nitrogen and oxygen atoms in total. The van der Waals surface area contributed by atoms with Gasteiger partial charge < -0.3 is 10.2 Å². The van der Waals surface area contributed by atoms with E-state index in [1.54, 1.807) is 4.90 Å². The monoisotopic (exact) mass is 453 g/mol. The molecular formula is C25H28FN3O4. The Kier molecular flexibility index (Phi) is 6.19. The summed E-state index contributed by atoms with van der Waals surface area (Å²) < 4.78 is 14.7. The number of ketones is 1. The lowest BCUT2D eigenvalue weighted by Gasteiger charge is -2.31. The molecule has 1 aliphatic carbocycles. The molecule has 4 rings (SSSR count). The Morgan fingerprint density at radius 1 is 1.12 bits per heavy atom. The minimum absolute atomic E-state index is 0.0461. The van der Waals surface area contributed by atoms with Crippen LogP contribution in [0.15, 0.2) is 35.3 Å². The number of nitrogens with one attached hydrogen (secondary N) is 1. The van der Waals surface area contributed by atoms with E-state index in [-0.39, 0.29) is 22.7 Å². The zero-order valence-corrected chi connectivity index (χ0v) is 18.9. The van der Waals surface area contributed by atoms with E-state index in [2.05, 4.69) is 5.32 Å². The molecule has 2 heterocycles. The van der Waals surface area contributed by atoms with Crippen molar-refractivity contribution in [1.29, 1.82) is 0 Å². The van der Waals surface area contributed by atoms with Crippen LogP contribution in [0.4, 0.5) is 4.39 Å². The first-order chi connectivity index (χ1) is 15.7. The Bertz CT molecular complexity index is 1170. The number of halogens is 1. The molecule has 1 fully saturated rings. The fourth-order valence-corrected chi connectivity index (χ4v) is 4.67. The SMILES string of the molecule is CC1(C)CC(=O)c2cn(-c3ccc(F)cc3)c(=O)c(C(=O)NCCCN3CCCC3=O)c2C1. The number of carbonyl (C=O) groups is 3. The van der Waals surface area contributed by atoms with Crippen LogP contribution in [0.2, 0.25) is 0 Å². The Hall–Kier alpha value is -3.29. The van der Waals surface area contributed by atoms with E-state index in [4.69, 9.17) is 0 Å². The lowest BCUT2D eigenvalue weighted by atomic mass is 9.73. The van der Waals surface area contributed by atoms with Crippen molar-refractivity contribution in [3.05, 3.63) is 63.3 Å². The summed E-state index contributed by atoms with van der Waals surface area (Å²) in [6.07, 6.45) is 4.20. The van der Waals surface area contributed by atoms with Gasteiger partial charge in [0.15, 0.2) is 5.78 Å². The summed E-state index contributed by atoms with van der Waals surface area (Å²) in [5.74, 6) is -0.983. The van der Waals surface area contributed by atoms with Gasteiger partial charge in [-0.05, 0) is 54.5 Å². The summed E-state index contributed by atoms with van der Waals surface area (Å²) in [5, 5.41) is 2.80. The molecule has 8 heteroatoms. The maximum atomic E-state index is 13.4. The van der Waals surface area contributed by atoms with Gasteiger partial charge in [0.05, 0.1) is 0 Å². The van der Waals surface area contributed by atoms with E-state index >= 15 is 0 Å². The van der Waals surface area contributed by atoms with Crippen molar-refractivity contribution < 1.29 is 18.8 Å². The quantitative estimate of drug-likeness (QED) is 0.682. The number of rotatable bonds is 6. The van der Waals surface area contributed by atoms with E-state index in [0.717, 1.165) is 13.0 Å². The molecule has 0 radical (unpaired) electrons. The van der Waals surface area contributed by atoms with Crippen LogP contribution < -0.4 is 10.9 Å². The van der Waals surface area contributed by atoms with Gasteiger partial charge in [-0.2, -0.15) is 0 Å². The number of carbonyl (C=O) groups excluding carboxylic acids is 3. The first-order valence-corrected chi connectivity index (χ1v) is 11.3. The van der Waals surface area contributed by atoms with E-state index in [9.17, 15) is 23.6 Å². The van der Waals surface area contributed by atoms with Gasteiger partial charge in [-0.1, -0.05) is 13.8 Å². The Morgan fingerprint density at radius 3 is 2.52 bits per heavy atom. The standard InChI is InChI=1S/C25H28FN3O4/c1-25(2)13-18-19(20(30)14-25)15-29(17-8-6-16(26)7-9-17)24(33)22(18)23(32)27-10-4-12-28-11-3-5-21(28)31/h6-9,15H,3-5,10-14H2,1-2H3,(H,27,32). The molecule has 0 saturated carbocycles. The third-order valence-corrected chi connectivity index (χ3v) is 6.31. The molecule has 174 valence electrons. The first-order valence-electron chi connectivity index (χ1n) is 11.3. The number of aromatic nitrogens is 1. The summed E-state index contributed by atoms with van der Waals surface area (Å²) >= 11 is 0. The van der Waals surface area contributed by atoms with Crippen molar-refractivity contribution in [2.24, 2.45) is 5.41 Å². The van der Waals surface area contributed by atoms with Crippen LogP contribution in [0.25, 0.3) is 5.69 Å². The Morgan fingerprint density at radius 2 is 1.85 bits per heavy atom.